The fourth-order valence-electron chi connectivity index (χ4n) is 4.83. The van der Waals surface area contributed by atoms with E-state index in [0.717, 1.165) is 11.1 Å². The molecule has 3 nitrogen and oxygen atoms in total. The lowest BCUT2D eigenvalue weighted by Crippen LogP contribution is -2.52. The molecule has 1 aliphatic rings. The summed E-state index contributed by atoms with van der Waals surface area (Å²) in [5.74, 6) is 0.200. The number of hydrogen-bond acceptors (Lipinski definition) is 3. The first-order valence-electron chi connectivity index (χ1n) is 11.0. The monoisotopic (exact) mass is 419 g/mol. The van der Waals surface area contributed by atoms with Crippen molar-refractivity contribution < 1.29 is 9.21 Å². The Bertz CT molecular complexity index is 1100. The molecular weight excluding hydrogens is 394 g/mol. The Morgan fingerprint density at radius 3 is 1.75 bits per heavy atom. The van der Waals surface area contributed by atoms with Crippen molar-refractivity contribution in [2.24, 2.45) is 0 Å². The molecule has 0 spiro atoms. The van der Waals surface area contributed by atoms with Crippen LogP contribution in [0.3, 0.4) is 0 Å². The minimum atomic E-state index is -0.514. The van der Waals surface area contributed by atoms with E-state index in [4.69, 9.17) is 4.42 Å². The number of benzene rings is 3. The van der Waals surface area contributed by atoms with E-state index in [1.165, 1.54) is 16.7 Å². The average Bonchev–Trinajstić information content (AvgIpc) is 3.37. The molecule has 0 aliphatic carbocycles. The van der Waals surface area contributed by atoms with E-state index in [2.05, 4.69) is 77.7 Å². The number of piperidine rings is 1. The maximum atomic E-state index is 12.9. The lowest BCUT2D eigenvalue weighted by Gasteiger charge is -2.47. The normalized spacial score (nSPS) is 16.4. The van der Waals surface area contributed by atoms with Crippen LogP contribution in [0.5, 0.6) is 0 Å². The Morgan fingerprint density at radius 2 is 1.28 bits per heavy atom. The molecule has 3 heteroatoms. The zero-order chi connectivity index (χ0) is 21.8. The molecule has 4 aromatic rings. The summed E-state index contributed by atoms with van der Waals surface area (Å²) in [6, 6.07) is 33.7. The first-order valence-corrected chi connectivity index (χ1v) is 11.0. The van der Waals surface area contributed by atoms with Gasteiger partial charge in [-0.3, -0.25) is 9.69 Å². The van der Waals surface area contributed by atoms with Crippen molar-refractivity contribution in [2.45, 2.75) is 12.0 Å². The van der Waals surface area contributed by atoms with Gasteiger partial charge in [0.25, 0.3) is 0 Å². The van der Waals surface area contributed by atoms with Crippen molar-refractivity contribution in [3.63, 3.8) is 0 Å². The first-order chi connectivity index (χ1) is 15.8. The smallest absolute Gasteiger partial charge is 0.161 e. The average molecular weight is 420 g/mol. The molecule has 3 aromatic carbocycles. The second kappa shape index (κ2) is 8.81. The fraction of sp³-hybridized carbons (Fsp3) is 0.138. The molecule has 1 fully saturated rings. The zero-order valence-corrected chi connectivity index (χ0v) is 17.9. The molecule has 0 amide bonds. The molecule has 1 aliphatic heterocycles. The van der Waals surface area contributed by atoms with E-state index in [1.807, 2.05) is 30.3 Å². The lowest BCUT2D eigenvalue weighted by molar-refractivity contribution is -0.117. The summed E-state index contributed by atoms with van der Waals surface area (Å²) in [6.07, 6.45) is 5.76. The molecular formula is C29H25NO2. The summed E-state index contributed by atoms with van der Waals surface area (Å²) >= 11 is 0. The van der Waals surface area contributed by atoms with Gasteiger partial charge in [0.15, 0.2) is 5.78 Å². The first kappa shape index (κ1) is 20.2. The zero-order valence-electron chi connectivity index (χ0n) is 17.9. The van der Waals surface area contributed by atoms with Gasteiger partial charge in [0, 0.05) is 30.6 Å². The summed E-state index contributed by atoms with van der Waals surface area (Å²) < 4.78 is 5.22. The Kier molecular flexibility index (Phi) is 5.57. The molecule has 0 radical (unpaired) electrons. The lowest BCUT2D eigenvalue weighted by atomic mass is 9.74. The molecule has 0 bridgehead atoms. The molecule has 2 heterocycles. The molecule has 32 heavy (non-hydrogen) atoms. The summed E-state index contributed by atoms with van der Waals surface area (Å²) in [7, 11) is 0. The molecule has 0 unspecified atom stereocenters. The molecule has 158 valence electrons. The minimum absolute atomic E-state index is 0.200. The Morgan fingerprint density at radius 1 is 0.750 bits per heavy atom. The van der Waals surface area contributed by atoms with Crippen LogP contribution in [0.25, 0.3) is 6.08 Å². The third kappa shape index (κ3) is 3.61. The highest BCUT2D eigenvalue weighted by Crippen LogP contribution is 2.43. The van der Waals surface area contributed by atoms with Gasteiger partial charge in [0.1, 0.15) is 0 Å². The fourth-order valence-corrected chi connectivity index (χ4v) is 4.83. The predicted octanol–water partition coefficient (Wildman–Crippen LogP) is 5.93. The maximum Gasteiger partial charge on any atom is 0.161 e. The van der Waals surface area contributed by atoms with Gasteiger partial charge in [-0.05, 0) is 28.8 Å². The van der Waals surface area contributed by atoms with E-state index < -0.39 is 5.54 Å². The van der Waals surface area contributed by atoms with Gasteiger partial charge in [-0.15, -0.1) is 0 Å². The van der Waals surface area contributed by atoms with Gasteiger partial charge in [-0.2, -0.15) is 0 Å². The van der Waals surface area contributed by atoms with E-state index >= 15 is 0 Å². The molecule has 0 atom stereocenters. The number of carbonyl (C=O) groups is 1. The van der Waals surface area contributed by atoms with Crippen LogP contribution in [0.1, 0.15) is 28.7 Å². The van der Waals surface area contributed by atoms with Gasteiger partial charge in [-0.25, -0.2) is 0 Å². The van der Waals surface area contributed by atoms with E-state index in [-0.39, 0.29) is 5.78 Å². The molecule has 1 saturated heterocycles. The predicted molar refractivity (Wildman–Crippen MR) is 127 cm³/mol. The highest BCUT2D eigenvalue weighted by Gasteiger charge is 2.44. The number of nitrogens with zero attached hydrogens (tertiary/aromatic N) is 1. The summed E-state index contributed by atoms with van der Waals surface area (Å²) in [5, 5.41) is 0. The van der Waals surface area contributed by atoms with Crippen molar-refractivity contribution in [2.75, 3.05) is 13.1 Å². The second-order valence-electron chi connectivity index (χ2n) is 8.13. The highest BCUT2D eigenvalue weighted by atomic mass is 16.3. The number of ketones is 1. The van der Waals surface area contributed by atoms with Gasteiger partial charge in [0.05, 0.1) is 18.1 Å². The van der Waals surface area contributed by atoms with Crippen LogP contribution in [-0.2, 0) is 10.3 Å². The Hall–Kier alpha value is -3.69. The number of hydrogen-bond donors (Lipinski definition) is 0. The third-order valence-corrected chi connectivity index (χ3v) is 6.26. The molecule has 1 aromatic heterocycles. The van der Waals surface area contributed by atoms with Gasteiger partial charge < -0.3 is 4.42 Å². The van der Waals surface area contributed by atoms with E-state index in [1.54, 1.807) is 12.5 Å². The van der Waals surface area contributed by atoms with E-state index in [0.29, 0.717) is 19.5 Å². The third-order valence-electron chi connectivity index (χ3n) is 6.26. The Balaban J connectivity index is 1.72. The second-order valence-corrected chi connectivity index (χ2v) is 8.13. The van der Waals surface area contributed by atoms with Crippen LogP contribution in [0.4, 0.5) is 0 Å². The van der Waals surface area contributed by atoms with Crippen molar-refractivity contribution in [1.82, 2.24) is 4.90 Å². The SMILES string of the molecule is O=C1CCN(C(c2ccccc2)(c2ccccc2)c2ccccc2)C/C1=C\c1ccoc1. The van der Waals surface area contributed by atoms with Crippen LogP contribution in [0, 0.1) is 0 Å². The maximum absolute atomic E-state index is 12.9. The van der Waals surface area contributed by atoms with E-state index in [9.17, 15) is 4.79 Å². The number of carbonyl (C=O) groups excluding carboxylic acids is 1. The summed E-state index contributed by atoms with van der Waals surface area (Å²) in [4.78, 5) is 15.3. The molecule has 5 rings (SSSR count). The van der Waals surface area contributed by atoms with Crippen LogP contribution >= 0.6 is 0 Å². The Labute approximate surface area is 188 Å². The van der Waals surface area contributed by atoms with Crippen molar-refractivity contribution in [1.29, 1.82) is 0 Å². The van der Waals surface area contributed by atoms with Crippen molar-refractivity contribution >= 4 is 11.9 Å². The minimum Gasteiger partial charge on any atom is -0.472 e. The highest BCUT2D eigenvalue weighted by molar-refractivity contribution is 6.00. The largest absolute Gasteiger partial charge is 0.472 e. The number of likely N-dealkylation sites (tertiary alicyclic amines) is 1. The number of Topliss-reactive ketones (excluding diaryl/α,β-unsaturated/α-hetero) is 1. The topological polar surface area (TPSA) is 33.5 Å². The summed E-state index contributed by atoms with van der Waals surface area (Å²) in [6.45, 7) is 1.24. The number of rotatable bonds is 5. The molecule has 0 N–H and O–H groups in total. The standard InChI is InChI=1S/C29H25NO2/c31-28-16-18-30(21-24(28)20-23-17-19-32-22-23)29(25-10-4-1-5-11-25,26-12-6-2-7-13-26)27-14-8-3-9-15-27/h1-15,17,19-20,22H,16,18,21H2/b24-20+. The van der Waals surface area contributed by atoms with Crippen LogP contribution in [-0.4, -0.2) is 23.8 Å². The van der Waals surface area contributed by atoms with Crippen molar-refractivity contribution in [3.8, 4) is 0 Å². The van der Waals surface area contributed by atoms with Crippen molar-refractivity contribution in [3.05, 3.63) is 137 Å². The van der Waals surface area contributed by atoms with Crippen LogP contribution < -0.4 is 0 Å². The van der Waals surface area contributed by atoms with Gasteiger partial charge in [0.2, 0.25) is 0 Å². The summed E-state index contributed by atoms with van der Waals surface area (Å²) in [5.41, 5.74) is 4.78. The van der Waals surface area contributed by atoms with Crippen LogP contribution in [0.15, 0.2) is 120 Å². The van der Waals surface area contributed by atoms with Gasteiger partial charge in [-0.1, -0.05) is 91.0 Å². The number of furan rings is 1. The molecule has 0 saturated carbocycles. The van der Waals surface area contributed by atoms with Gasteiger partial charge >= 0.3 is 0 Å². The van der Waals surface area contributed by atoms with Crippen LogP contribution in [0.2, 0.25) is 0 Å². The quantitative estimate of drug-likeness (QED) is 0.297.